The Kier molecular flexibility index (Phi) is 3.48. The molecule has 0 radical (unpaired) electrons. The first-order valence-corrected chi connectivity index (χ1v) is 5.47. The summed E-state index contributed by atoms with van der Waals surface area (Å²) in [5.74, 6) is -0.393. The SMILES string of the molecule is COc1ccc(C#N)cc1Cn1cc(C(=O)O)cn1. The fourth-order valence-corrected chi connectivity index (χ4v) is 1.71. The molecule has 6 nitrogen and oxygen atoms in total. The first-order valence-electron chi connectivity index (χ1n) is 5.47. The predicted octanol–water partition coefficient (Wildman–Crippen LogP) is 1.51. The van der Waals surface area contributed by atoms with Gasteiger partial charge in [0.15, 0.2) is 0 Å². The van der Waals surface area contributed by atoms with Crippen molar-refractivity contribution in [3.8, 4) is 11.8 Å². The van der Waals surface area contributed by atoms with Crippen molar-refractivity contribution in [3.05, 3.63) is 47.3 Å². The molecule has 1 heterocycles. The average molecular weight is 257 g/mol. The predicted molar refractivity (Wildman–Crippen MR) is 66.0 cm³/mol. The maximum Gasteiger partial charge on any atom is 0.338 e. The lowest BCUT2D eigenvalue weighted by atomic mass is 10.1. The van der Waals surface area contributed by atoms with Crippen molar-refractivity contribution in [2.75, 3.05) is 7.11 Å². The molecule has 0 aliphatic heterocycles. The Morgan fingerprint density at radius 2 is 2.37 bits per heavy atom. The number of carboxylic acid groups (broad SMARTS) is 1. The number of nitriles is 1. The van der Waals surface area contributed by atoms with Crippen LogP contribution in [0.3, 0.4) is 0 Å². The van der Waals surface area contributed by atoms with Gasteiger partial charge in [-0.05, 0) is 18.2 Å². The zero-order valence-corrected chi connectivity index (χ0v) is 10.2. The highest BCUT2D eigenvalue weighted by molar-refractivity contribution is 5.86. The third-order valence-electron chi connectivity index (χ3n) is 2.62. The molecule has 1 aromatic heterocycles. The third kappa shape index (κ3) is 2.72. The lowest BCUT2D eigenvalue weighted by Crippen LogP contribution is -2.03. The highest BCUT2D eigenvalue weighted by Crippen LogP contribution is 2.20. The van der Waals surface area contributed by atoms with Crippen molar-refractivity contribution in [2.45, 2.75) is 6.54 Å². The second-order valence-corrected chi connectivity index (χ2v) is 3.87. The normalized spacial score (nSPS) is 9.89. The minimum absolute atomic E-state index is 0.121. The summed E-state index contributed by atoms with van der Waals surface area (Å²) >= 11 is 0. The molecule has 1 aromatic carbocycles. The molecule has 0 fully saturated rings. The monoisotopic (exact) mass is 257 g/mol. The minimum Gasteiger partial charge on any atom is -0.496 e. The van der Waals surface area contributed by atoms with Crippen molar-refractivity contribution in [1.29, 1.82) is 5.26 Å². The number of benzene rings is 1. The van der Waals surface area contributed by atoms with Gasteiger partial charge in [-0.3, -0.25) is 4.68 Å². The number of carbonyl (C=O) groups is 1. The van der Waals surface area contributed by atoms with Crippen LogP contribution in [0.2, 0.25) is 0 Å². The minimum atomic E-state index is -1.02. The molecule has 19 heavy (non-hydrogen) atoms. The lowest BCUT2D eigenvalue weighted by molar-refractivity contribution is 0.0697. The smallest absolute Gasteiger partial charge is 0.338 e. The van der Waals surface area contributed by atoms with E-state index in [4.69, 9.17) is 15.1 Å². The topological polar surface area (TPSA) is 88.1 Å². The number of methoxy groups -OCH3 is 1. The van der Waals surface area contributed by atoms with E-state index in [2.05, 4.69) is 5.10 Å². The van der Waals surface area contributed by atoms with Crippen LogP contribution in [0.5, 0.6) is 5.75 Å². The van der Waals surface area contributed by atoms with Crippen LogP contribution in [0, 0.1) is 11.3 Å². The van der Waals surface area contributed by atoms with Gasteiger partial charge in [0.2, 0.25) is 0 Å². The van der Waals surface area contributed by atoms with E-state index in [0.717, 1.165) is 5.56 Å². The van der Waals surface area contributed by atoms with Gasteiger partial charge in [-0.1, -0.05) is 0 Å². The summed E-state index contributed by atoms with van der Waals surface area (Å²) in [6.07, 6.45) is 2.71. The van der Waals surface area contributed by atoms with Crippen molar-refractivity contribution in [1.82, 2.24) is 9.78 Å². The van der Waals surface area contributed by atoms with Crippen LogP contribution in [-0.2, 0) is 6.54 Å². The number of nitrogens with zero attached hydrogens (tertiary/aromatic N) is 3. The van der Waals surface area contributed by atoms with E-state index < -0.39 is 5.97 Å². The van der Waals surface area contributed by atoms with Crippen LogP contribution in [-0.4, -0.2) is 28.0 Å². The Bertz CT molecular complexity index is 655. The maximum atomic E-state index is 10.8. The molecule has 0 saturated heterocycles. The summed E-state index contributed by atoms with van der Waals surface area (Å²) < 4.78 is 6.69. The van der Waals surface area contributed by atoms with Crippen molar-refractivity contribution >= 4 is 5.97 Å². The number of ether oxygens (including phenoxy) is 1. The first kappa shape index (κ1) is 12.6. The van der Waals surface area contributed by atoms with E-state index in [1.54, 1.807) is 18.2 Å². The number of hydrogen-bond acceptors (Lipinski definition) is 4. The van der Waals surface area contributed by atoms with Crippen LogP contribution >= 0.6 is 0 Å². The summed E-state index contributed by atoms with van der Waals surface area (Å²) in [7, 11) is 1.54. The quantitative estimate of drug-likeness (QED) is 0.896. The van der Waals surface area contributed by atoms with Gasteiger partial charge in [0.05, 0.1) is 37.0 Å². The molecular formula is C13H11N3O3. The second-order valence-electron chi connectivity index (χ2n) is 3.87. The van der Waals surface area contributed by atoms with Crippen LogP contribution in [0.4, 0.5) is 0 Å². The van der Waals surface area contributed by atoms with E-state index in [1.807, 2.05) is 6.07 Å². The van der Waals surface area contributed by atoms with E-state index >= 15 is 0 Å². The Hall–Kier alpha value is -2.81. The fraction of sp³-hybridized carbons (Fsp3) is 0.154. The van der Waals surface area contributed by atoms with Gasteiger partial charge in [0.1, 0.15) is 5.75 Å². The fourth-order valence-electron chi connectivity index (χ4n) is 1.71. The van der Waals surface area contributed by atoms with Gasteiger partial charge in [-0.25, -0.2) is 4.79 Å². The molecule has 0 bridgehead atoms. The van der Waals surface area contributed by atoms with Gasteiger partial charge in [0, 0.05) is 11.8 Å². The Labute approximate surface area is 109 Å². The molecule has 0 spiro atoms. The molecule has 2 aromatic rings. The van der Waals surface area contributed by atoms with Crippen LogP contribution < -0.4 is 4.74 Å². The third-order valence-corrected chi connectivity index (χ3v) is 2.62. The first-order chi connectivity index (χ1) is 9.13. The highest BCUT2D eigenvalue weighted by atomic mass is 16.5. The molecule has 2 rings (SSSR count). The van der Waals surface area contributed by atoms with Crippen molar-refractivity contribution in [3.63, 3.8) is 0 Å². The number of hydrogen-bond donors (Lipinski definition) is 1. The molecule has 0 aliphatic rings. The summed E-state index contributed by atoms with van der Waals surface area (Å²) in [5, 5.41) is 21.7. The van der Waals surface area contributed by atoms with Gasteiger partial charge in [-0.15, -0.1) is 0 Å². The largest absolute Gasteiger partial charge is 0.496 e. The molecule has 96 valence electrons. The second kappa shape index (κ2) is 5.23. The molecular weight excluding hydrogens is 246 g/mol. The molecule has 0 saturated carbocycles. The Morgan fingerprint density at radius 3 is 2.95 bits per heavy atom. The molecule has 0 amide bonds. The maximum absolute atomic E-state index is 10.8. The van der Waals surface area contributed by atoms with Crippen LogP contribution in [0.1, 0.15) is 21.5 Å². The molecule has 1 N–H and O–H groups in total. The van der Waals surface area contributed by atoms with Crippen molar-refractivity contribution < 1.29 is 14.6 Å². The number of aromatic nitrogens is 2. The van der Waals surface area contributed by atoms with Crippen molar-refractivity contribution in [2.24, 2.45) is 0 Å². The van der Waals surface area contributed by atoms with Gasteiger partial charge >= 0.3 is 5.97 Å². The van der Waals surface area contributed by atoms with Crippen LogP contribution in [0.15, 0.2) is 30.6 Å². The number of aromatic carboxylic acids is 1. The van der Waals surface area contributed by atoms with Gasteiger partial charge in [-0.2, -0.15) is 10.4 Å². The van der Waals surface area contributed by atoms with Gasteiger partial charge in [0.25, 0.3) is 0 Å². The highest BCUT2D eigenvalue weighted by Gasteiger charge is 2.09. The molecule has 0 aliphatic carbocycles. The zero-order chi connectivity index (χ0) is 13.8. The summed E-state index contributed by atoms with van der Waals surface area (Å²) in [6.45, 7) is 0.339. The summed E-state index contributed by atoms with van der Waals surface area (Å²) in [6, 6.07) is 7.11. The summed E-state index contributed by atoms with van der Waals surface area (Å²) in [5.41, 5.74) is 1.40. The number of carboxylic acids is 1. The van der Waals surface area contributed by atoms with E-state index in [0.29, 0.717) is 17.9 Å². The molecule has 0 unspecified atom stereocenters. The van der Waals surface area contributed by atoms with E-state index in [9.17, 15) is 4.79 Å². The number of rotatable bonds is 4. The zero-order valence-electron chi connectivity index (χ0n) is 10.2. The molecule has 6 heteroatoms. The van der Waals surface area contributed by atoms with Gasteiger partial charge < -0.3 is 9.84 Å². The summed E-state index contributed by atoms with van der Waals surface area (Å²) in [4.78, 5) is 10.8. The average Bonchev–Trinajstić information content (AvgIpc) is 2.87. The lowest BCUT2D eigenvalue weighted by Gasteiger charge is -2.08. The Balaban J connectivity index is 2.31. The standard InChI is InChI=1S/C13H11N3O3/c1-19-12-3-2-9(5-14)4-10(12)7-16-8-11(6-15-16)13(17)18/h2-4,6,8H,7H2,1H3,(H,17,18). The van der Waals surface area contributed by atoms with Crippen LogP contribution in [0.25, 0.3) is 0 Å². The molecule has 0 atom stereocenters. The van der Waals surface area contributed by atoms with E-state index in [1.165, 1.54) is 24.2 Å². The van der Waals surface area contributed by atoms with E-state index in [-0.39, 0.29) is 5.56 Å². The Morgan fingerprint density at radius 1 is 1.58 bits per heavy atom.